The summed E-state index contributed by atoms with van der Waals surface area (Å²) in [7, 11) is 0. The summed E-state index contributed by atoms with van der Waals surface area (Å²) in [4.78, 5) is 20.2. The van der Waals surface area contributed by atoms with Crippen LogP contribution in [0.3, 0.4) is 0 Å². The number of hydrogen-bond donors (Lipinski definition) is 1. The molecule has 0 aliphatic heterocycles. The van der Waals surface area contributed by atoms with Crippen LogP contribution in [0.4, 0.5) is 0 Å². The van der Waals surface area contributed by atoms with E-state index < -0.39 is 11.8 Å². The molecule has 1 atom stereocenters. The number of ether oxygens (including phenoxy) is 1. The molecule has 0 aliphatic rings. The maximum Gasteiger partial charge on any atom is 0.305 e. The van der Waals surface area contributed by atoms with Gasteiger partial charge < -0.3 is 15.3 Å². The minimum atomic E-state index is -2.16. The number of carbonyl (C=O) groups is 2. The van der Waals surface area contributed by atoms with Crippen molar-refractivity contribution in [3.63, 3.8) is 0 Å². The molecule has 0 aromatic carbocycles. The summed E-state index contributed by atoms with van der Waals surface area (Å²) in [5, 5.41) is 8.87. The summed E-state index contributed by atoms with van der Waals surface area (Å²) in [6, 6.07) is 0. The molecule has 0 heterocycles. The molecular weight excluding hydrogens is 152 g/mol. The highest BCUT2D eigenvalue weighted by Crippen LogP contribution is 2.03. The molecule has 0 amide bonds. The molecule has 0 aromatic heterocycles. The van der Waals surface area contributed by atoms with Gasteiger partial charge in [-0.15, -0.1) is 0 Å². The zero-order valence-electron chi connectivity index (χ0n) is 6.03. The van der Waals surface area contributed by atoms with Crippen molar-refractivity contribution in [3.05, 3.63) is 12.7 Å². The summed E-state index contributed by atoms with van der Waals surface area (Å²) in [6.45, 7) is 4.18. The minimum Gasteiger partial charge on any atom is -0.422 e. The van der Waals surface area contributed by atoms with Gasteiger partial charge in [-0.3, -0.25) is 9.59 Å². The van der Waals surface area contributed by atoms with Crippen LogP contribution in [0.25, 0.3) is 0 Å². The van der Waals surface area contributed by atoms with Gasteiger partial charge in [0.05, 0.1) is 0 Å². The van der Waals surface area contributed by atoms with Gasteiger partial charge in [-0.2, -0.15) is 0 Å². The molecule has 0 fully saturated rings. The summed E-state index contributed by atoms with van der Waals surface area (Å²) in [5.74, 6) is -2.90. The van der Waals surface area contributed by atoms with Crippen LogP contribution in [0, 0.1) is 0 Å². The van der Waals surface area contributed by atoms with E-state index in [1.165, 1.54) is 0 Å². The molecule has 0 rings (SSSR count). The first-order valence-corrected chi connectivity index (χ1v) is 2.56. The van der Waals surface area contributed by atoms with E-state index in [1.807, 2.05) is 0 Å². The van der Waals surface area contributed by atoms with Crippen LogP contribution >= 0.6 is 0 Å². The van der Waals surface area contributed by atoms with Crippen LogP contribution in [0.1, 0.15) is 6.92 Å². The average Bonchev–Trinajstić information content (AvgIpc) is 1.87. The van der Waals surface area contributed by atoms with Gasteiger partial charge in [0.15, 0.2) is 6.29 Å². The number of aldehydes is 1. The predicted octanol–water partition coefficient (Wildman–Crippen LogP) is -1.20. The molecule has 5 heteroatoms. The van der Waals surface area contributed by atoms with Gasteiger partial charge >= 0.3 is 5.97 Å². The standard InChI is InChI=1S/C6H8O4.H2O/c1-3-6(9,4-7)10-5(2)8;/h3-4,9H,1H2,2H3;1H2. The number of carbonyl (C=O) groups excluding carboxylic acids is 2. The maximum absolute atomic E-state index is 10.2. The van der Waals surface area contributed by atoms with Gasteiger partial charge in [0.25, 0.3) is 5.79 Å². The zero-order chi connectivity index (χ0) is 8.20. The smallest absolute Gasteiger partial charge is 0.305 e. The Labute approximate surface area is 63.6 Å². The van der Waals surface area contributed by atoms with Gasteiger partial charge in [-0.1, -0.05) is 6.58 Å². The first-order chi connectivity index (χ1) is 4.54. The predicted molar refractivity (Wildman–Crippen MR) is 36.6 cm³/mol. The Bertz CT molecular complexity index is 154. The van der Waals surface area contributed by atoms with E-state index in [0.717, 1.165) is 13.0 Å². The highest BCUT2D eigenvalue weighted by molar-refractivity contribution is 5.72. The number of aliphatic hydroxyl groups is 1. The lowest BCUT2D eigenvalue weighted by Crippen LogP contribution is -2.33. The van der Waals surface area contributed by atoms with Crippen molar-refractivity contribution >= 4 is 12.3 Å². The van der Waals surface area contributed by atoms with Gasteiger partial charge in [0.1, 0.15) is 0 Å². The van der Waals surface area contributed by atoms with Crippen LogP contribution < -0.4 is 0 Å². The molecule has 5 nitrogen and oxygen atoms in total. The Morgan fingerprint density at radius 3 is 2.27 bits per heavy atom. The fourth-order valence-corrected chi connectivity index (χ4v) is 0.344. The van der Waals surface area contributed by atoms with E-state index in [1.54, 1.807) is 0 Å². The maximum atomic E-state index is 10.2. The Hall–Kier alpha value is -1.20. The Kier molecular flexibility index (Phi) is 5.21. The fraction of sp³-hybridized carbons (Fsp3) is 0.333. The highest BCUT2D eigenvalue weighted by atomic mass is 16.7. The molecule has 0 radical (unpaired) electrons. The third-order valence-corrected chi connectivity index (χ3v) is 0.769. The SMILES string of the molecule is C=CC(O)(C=O)OC(C)=O.O. The van der Waals surface area contributed by atoms with Gasteiger partial charge in [-0.05, 0) is 6.08 Å². The van der Waals surface area contributed by atoms with E-state index in [9.17, 15) is 9.59 Å². The Morgan fingerprint density at radius 2 is 2.18 bits per heavy atom. The largest absolute Gasteiger partial charge is 0.422 e. The summed E-state index contributed by atoms with van der Waals surface area (Å²) in [6.07, 6.45) is 0.919. The van der Waals surface area contributed by atoms with Crippen molar-refractivity contribution in [1.29, 1.82) is 0 Å². The number of esters is 1. The van der Waals surface area contributed by atoms with Crippen molar-refractivity contribution in [2.45, 2.75) is 12.7 Å². The molecule has 1 unspecified atom stereocenters. The van der Waals surface area contributed by atoms with Crippen LogP contribution in [0.5, 0.6) is 0 Å². The van der Waals surface area contributed by atoms with Crippen molar-refractivity contribution in [2.24, 2.45) is 0 Å². The lowest BCUT2D eigenvalue weighted by molar-refractivity contribution is -0.186. The summed E-state index contributed by atoms with van der Waals surface area (Å²) >= 11 is 0. The molecule has 0 saturated carbocycles. The lowest BCUT2D eigenvalue weighted by atomic mass is 10.3. The summed E-state index contributed by atoms with van der Waals surface area (Å²) < 4.78 is 4.17. The first-order valence-electron chi connectivity index (χ1n) is 2.56. The van der Waals surface area contributed by atoms with E-state index in [2.05, 4.69) is 11.3 Å². The number of hydrogen-bond acceptors (Lipinski definition) is 4. The molecule has 64 valence electrons. The van der Waals surface area contributed by atoms with Crippen LogP contribution in [-0.2, 0) is 14.3 Å². The van der Waals surface area contributed by atoms with Crippen LogP contribution in [0.15, 0.2) is 12.7 Å². The molecule has 11 heavy (non-hydrogen) atoms. The first kappa shape index (κ1) is 12.5. The van der Waals surface area contributed by atoms with E-state index >= 15 is 0 Å². The normalized spacial score (nSPS) is 13.6. The molecule has 3 N–H and O–H groups in total. The molecule has 0 aromatic rings. The van der Waals surface area contributed by atoms with E-state index in [4.69, 9.17) is 5.11 Å². The highest BCUT2D eigenvalue weighted by Gasteiger charge is 2.24. The van der Waals surface area contributed by atoms with Crippen LogP contribution in [0.2, 0.25) is 0 Å². The monoisotopic (exact) mass is 162 g/mol. The second kappa shape index (κ2) is 4.59. The Morgan fingerprint density at radius 1 is 1.73 bits per heavy atom. The van der Waals surface area contributed by atoms with Gasteiger partial charge in [0, 0.05) is 6.92 Å². The third-order valence-electron chi connectivity index (χ3n) is 0.769. The second-order valence-corrected chi connectivity index (χ2v) is 1.67. The third kappa shape index (κ3) is 4.24. The molecule has 0 saturated heterocycles. The molecule has 0 aliphatic carbocycles. The molecule has 0 spiro atoms. The minimum absolute atomic E-state index is 0. The number of rotatable bonds is 3. The van der Waals surface area contributed by atoms with Crippen molar-refractivity contribution < 1.29 is 24.9 Å². The van der Waals surface area contributed by atoms with Gasteiger partial charge in [-0.25, -0.2) is 0 Å². The molecule has 0 bridgehead atoms. The Balaban J connectivity index is 0. The molecular formula is C6H10O5. The van der Waals surface area contributed by atoms with E-state index in [0.29, 0.717) is 0 Å². The fourth-order valence-electron chi connectivity index (χ4n) is 0.344. The van der Waals surface area contributed by atoms with E-state index in [-0.39, 0.29) is 11.8 Å². The quantitative estimate of drug-likeness (QED) is 0.244. The van der Waals surface area contributed by atoms with Crippen molar-refractivity contribution in [3.8, 4) is 0 Å². The van der Waals surface area contributed by atoms with Crippen molar-refractivity contribution in [1.82, 2.24) is 0 Å². The van der Waals surface area contributed by atoms with Crippen LogP contribution in [-0.4, -0.2) is 28.6 Å². The lowest BCUT2D eigenvalue weighted by Gasteiger charge is -2.15. The summed E-state index contributed by atoms with van der Waals surface area (Å²) in [5.41, 5.74) is 0. The second-order valence-electron chi connectivity index (χ2n) is 1.67. The van der Waals surface area contributed by atoms with Gasteiger partial charge in [0.2, 0.25) is 0 Å². The van der Waals surface area contributed by atoms with Crippen molar-refractivity contribution in [2.75, 3.05) is 0 Å². The zero-order valence-corrected chi connectivity index (χ0v) is 6.03. The average molecular weight is 162 g/mol. The topological polar surface area (TPSA) is 95.1 Å².